The van der Waals surface area contributed by atoms with Gasteiger partial charge in [0.2, 0.25) is 17.7 Å². The van der Waals surface area contributed by atoms with Gasteiger partial charge in [0, 0.05) is 75.2 Å². The minimum Gasteiger partial charge on any atom is -0.464 e. The molecule has 5 atom stereocenters. The minimum absolute atomic E-state index is 0.137. The summed E-state index contributed by atoms with van der Waals surface area (Å²) in [5.74, 6) is -2.55. The van der Waals surface area contributed by atoms with E-state index in [1.54, 1.807) is 19.1 Å². The first kappa shape index (κ1) is 49.5. The number of likely N-dealkylation sites (N-methyl/N-ethyl adjacent to an activating group) is 1. The molecule has 8 rings (SSSR count). The lowest BCUT2D eigenvalue weighted by molar-refractivity contribution is -0.155. The molecule has 69 heavy (non-hydrogen) atoms. The maximum Gasteiger partial charge on any atom is 0.324 e. The zero-order valence-electron chi connectivity index (χ0n) is 41.7. The maximum atomic E-state index is 14.8. The Morgan fingerprint density at radius 3 is 2.59 bits per heavy atom. The molecule has 4 aliphatic heterocycles. The van der Waals surface area contributed by atoms with Gasteiger partial charge in [-0.25, -0.2) is 5.43 Å². The van der Waals surface area contributed by atoms with E-state index in [4.69, 9.17) is 14.5 Å². The summed E-state index contributed by atoms with van der Waals surface area (Å²) >= 11 is 0. The van der Waals surface area contributed by atoms with E-state index >= 15 is 0 Å². The topological polar surface area (TPSA) is 167 Å². The summed E-state index contributed by atoms with van der Waals surface area (Å²) < 4.78 is 14.6. The molecule has 6 bridgehead atoms. The first-order valence-electron chi connectivity index (χ1n) is 24.8. The number of hydrazine groups is 1. The summed E-state index contributed by atoms with van der Waals surface area (Å²) in [6.07, 6.45) is 4.09. The Bertz CT molecular complexity index is 2640. The molecular formula is C54H70N8O7. The van der Waals surface area contributed by atoms with Gasteiger partial charge in [-0.1, -0.05) is 64.6 Å². The van der Waals surface area contributed by atoms with Crippen molar-refractivity contribution < 1.29 is 33.4 Å². The summed E-state index contributed by atoms with van der Waals surface area (Å²) in [6, 6.07) is 14.2. The molecule has 0 spiro atoms. The fourth-order valence-electron chi connectivity index (χ4n) is 10.9. The number of nitrogens with zero attached hydrogens (tertiary/aromatic N) is 5. The van der Waals surface area contributed by atoms with Gasteiger partial charge in [0.05, 0.1) is 35.7 Å². The number of cyclic esters (lactones) is 1. The standard InChI is InChI=1S/C54H70N8O7/c1-10-46(63)60-23-20-38(30-60)51(65)59(8)48(32(3)4)50(64)57-43-25-34-14-12-15-35(24-34)36-17-18-45-39(26-36)41(28-54(6,7)31-69-53(67)42-16-13-22-62(58-42)52(43)66)49(61(45)11-2)40-27-37-19-21-55-29-44(37)56-47(40)33(5)68-9/h10,12,14-15,17-18,24,26-27,32-33,38,42-43,48,55,58H,1,11,13,16,19-23,25,28-31H2,2-9H3,(H,57,64)/t33-,38-,42-,43-,48?/m0/s1. The van der Waals surface area contributed by atoms with Gasteiger partial charge in [0.25, 0.3) is 5.91 Å². The third-order valence-electron chi connectivity index (χ3n) is 14.6. The molecule has 4 amide bonds. The van der Waals surface area contributed by atoms with Crippen LogP contribution in [0.3, 0.4) is 0 Å². The molecule has 368 valence electrons. The van der Waals surface area contributed by atoms with E-state index in [1.807, 2.05) is 32.9 Å². The van der Waals surface area contributed by atoms with Crippen molar-refractivity contribution in [2.75, 3.05) is 46.9 Å². The van der Waals surface area contributed by atoms with E-state index in [2.05, 4.69) is 84.4 Å². The number of aryl methyl sites for hydroxylation is 1. The lowest BCUT2D eigenvalue weighted by Crippen LogP contribution is -2.62. The number of amides is 4. The molecule has 2 fully saturated rings. The number of hydrogen-bond acceptors (Lipinski definition) is 10. The quantitative estimate of drug-likeness (QED) is 0.129. The molecule has 1 unspecified atom stereocenters. The third kappa shape index (κ3) is 10.2. The summed E-state index contributed by atoms with van der Waals surface area (Å²) in [5.41, 5.74) is 12.9. The number of aromatic nitrogens is 2. The second kappa shape index (κ2) is 20.6. The number of esters is 1. The molecule has 0 radical (unpaired) electrons. The average Bonchev–Trinajstić information content (AvgIpc) is 3.96. The predicted octanol–water partition coefficient (Wildman–Crippen LogP) is 5.91. The molecule has 15 heteroatoms. The van der Waals surface area contributed by atoms with Crippen molar-refractivity contribution in [1.82, 2.24) is 40.4 Å². The van der Waals surface area contributed by atoms with E-state index in [9.17, 15) is 24.0 Å². The first-order chi connectivity index (χ1) is 33.0. The van der Waals surface area contributed by atoms with Crippen molar-refractivity contribution in [1.29, 1.82) is 0 Å². The van der Waals surface area contributed by atoms with Crippen molar-refractivity contribution in [3.05, 3.63) is 89.3 Å². The highest BCUT2D eigenvalue weighted by Crippen LogP contribution is 2.43. The zero-order valence-corrected chi connectivity index (χ0v) is 41.7. The van der Waals surface area contributed by atoms with Crippen LogP contribution >= 0.6 is 0 Å². The lowest BCUT2D eigenvalue weighted by atomic mass is 9.83. The highest BCUT2D eigenvalue weighted by molar-refractivity contribution is 5.96. The van der Waals surface area contributed by atoms with E-state index in [1.165, 1.54) is 21.5 Å². The fourth-order valence-corrected chi connectivity index (χ4v) is 10.9. The smallest absolute Gasteiger partial charge is 0.324 e. The van der Waals surface area contributed by atoms with Crippen molar-refractivity contribution in [2.24, 2.45) is 17.3 Å². The zero-order chi connectivity index (χ0) is 49.3. The number of carbonyl (C=O) groups excluding carboxylic acids is 5. The highest BCUT2D eigenvalue weighted by Gasteiger charge is 2.40. The van der Waals surface area contributed by atoms with Crippen LogP contribution in [0, 0.1) is 17.3 Å². The molecule has 15 nitrogen and oxygen atoms in total. The molecular weight excluding hydrogens is 873 g/mol. The van der Waals surface area contributed by atoms with Gasteiger partial charge >= 0.3 is 5.97 Å². The third-order valence-corrected chi connectivity index (χ3v) is 14.6. The molecule has 0 aliphatic carbocycles. The summed E-state index contributed by atoms with van der Waals surface area (Å²) in [5, 5.41) is 9.09. The van der Waals surface area contributed by atoms with Crippen LogP contribution in [0.25, 0.3) is 33.3 Å². The van der Waals surface area contributed by atoms with Crippen molar-refractivity contribution >= 4 is 40.5 Å². The Labute approximate surface area is 406 Å². The van der Waals surface area contributed by atoms with Gasteiger partial charge in [-0.2, -0.15) is 0 Å². The predicted molar refractivity (Wildman–Crippen MR) is 265 cm³/mol. The Morgan fingerprint density at radius 1 is 1.07 bits per heavy atom. The van der Waals surface area contributed by atoms with Gasteiger partial charge in [0.15, 0.2) is 0 Å². The van der Waals surface area contributed by atoms with Crippen molar-refractivity contribution in [3.8, 4) is 22.4 Å². The van der Waals surface area contributed by atoms with Crippen LogP contribution in [0.15, 0.2) is 61.2 Å². The molecule has 2 aromatic heterocycles. The number of hydrogen-bond donors (Lipinski definition) is 3. The van der Waals surface area contributed by atoms with Gasteiger partial charge in [-0.3, -0.25) is 34.0 Å². The maximum absolute atomic E-state index is 14.8. The number of likely N-dealkylation sites (tertiary alicyclic amines) is 1. The molecule has 6 heterocycles. The monoisotopic (exact) mass is 943 g/mol. The van der Waals surface area contributed by atoms with Crippen LogP contribution in [0.1, 0.15) is 95.0 Å². The molecule has 3 N–H and O–H groups in total. The fraction of sp³-hybridized carbons (Fsp3) is 0.519. The van der Waals surface area contributed by atoms with Gasteiger partial charge in [-0.15, -0.1) is 0 Å². The van der Waals surface area contributed by atoms with Crippen LogP contribution < -0.4 is 16.1 Å². The van der Waals surface area contributed by atoms with E-state index in [0.29, 0.717) is 51.9 Å². The first-order valence-corrected chi connectivity index (χ1v) is 24.8. The Hall–Kier alpha value is -5.90. The summed E-state index contributed by atoms with van der Waals surface area (Å²) in [4.78, 5) is 78.0. The number of ether oxygens (including phenoxy) is 2. The van der Waals surface area contributed by atoms with Crippen molar-refractivity contribution in [2.45, 2.75) is 117 Å². The van der Waals surface area contributed by atoms with Crippen LogP contribution in [0.2, 0.25) is 0 Å². The Kier molecular flexibility index (Phi) is 14.8. The number of benzene rings is 2. The normalized spacial score (nSPS) is 21.6. The largest absolute Gasteiger partial charge is 0.464 e. The SMILES string of the molecule is C=CC(=O)N1CC[C@H](C(=O)N(C)C(C(=O)N[C@H]2Cc3cccc(c3)-c3ccc4c(c3)c(c(-c3cc5c(nc3[C@H](C)OC)CNCC5)n4CC)CC(C)(C)COC(=O)[C@@H]3CCCN(N3)C2=O)C(C)C)C1. The number of carbonyl (C=O) groups is 5. The number of rotatable bonds is 10. The van der Waals surface area contributed by atoms with E-state index < -0.39 is 47.2 Å². The second-order valence-electron chi connectivity index (χ2n) is 20.5. The van der Waals surface area contributed by atoms with E-state index in [0.717, 1.165) is 68.8 Å². The lowest BCUT2D eigenvalue weighted by Gasteiger charge is -2.37. The molecule has 2 aromatic carbocycles. The Balaban J connectivity index is 1.20. The van der Waals surface area contributed by atoms with Gasteiger partial charge in [-0.05, 0) is 111 Å². The van der Waals surface area contributed by atoms with Crippen LogP contribution in [-0.2, 0) is 65.8 Å². The number of pyridine rings is 1. The highest BCUT2D eigenvalue weighted by atomic mass is 16.5. The van der Waals surface area contributed by atoms with Crippen molar-refractivity contribution in [3.63, 3.8) is 0 Å². The Morgan fingerprint density at radius 2 is 1.86 bits per heavy atom. The average molecular weight is 943 g/mol. The molecule has 4 aromatic rings. The number of methoxy groups -OCH3 is 1. The van der Waals surface area contributed by atoms with E-state index in [-0.39, 0.29) is 43.4 Å². The van der Waals surface area contributed by atoms with Crippen LogP contribution in [0.5, 0.6) is 0 Å². The number of nitrogens with one attached hydrogen (secondary N) is 3. The van der Waals surface area contributed by atoms with Gasteiger partial charge < -0.3 is 34.5 Å². The summed E-state index contributed by atoms with van der Waals surface area (Å²) in [6.45, 7) is 19.2. The minimum atomic E-state index is -1.05. The number of fused-ring (bicyclic) bond motifs is 7. The molecule has 0 saturated carbocycles. The van der Waals surface area contributed by atoms with Crippen LogP contribution in [-0.4, -0.2) is 119 Å². The molecule has 2 saturated heterocycles. The summed E-state index contributed by atoms with van der Waals surface area (Å²) in [7, 11) is 3.34. The molecule has 4 aliphatic rings. The van der Waals surface area contributed by atoms with Gasteiger partial charge in [0.1, 0.15) is 18.1 Å². The second-order valence-corrected chi connectivity index (χ2v) is 20.5. The van der Waals surface area contributed by atoms with Crippen LogP contribution in [0.4, 0.5) is 0 Å².